The third-order valence-electron chi connectivity index (χ3n) is 11.4. The fourth-order valence-electron chi connectivity index (χ4n) is 6.77. The molecule has 0 aromatic heterocycles. The van der Waals surface area contributed by atoms with E-state index >= 15 is 0 Å². The van der Waals surface area contributed by atoms with Gasteiger partial charge >= 0.3 is 60.8 Å². The van der Waals surface area contributed by atoms with Crippen molar-refractivity contribution in [2.45, 2.75) is 179 Å². The molecule has 0 aliphatic carbocycles. The Balaban J connectivity index is -0.000000198. The molecule has 0 aliphatic heterocycles. The van der Waals surface area contributed by atoms with Gasteiger partial charge in [0.25, 0.3) is 11.4 Å². The number of nitrogens with zero attached hydrogens (tertiary/aromatic N) is 2. The molecule has 674 valence electrons. The second-order valence-corrected chi connectivity index (χ2v) is 36.7. The normalized spacial score (nSPS) is 13.4. The number of carbonyl (C=O) groups is 5. The number of hydrogen-bond donors (Lipinski definition) is 10. The maximum absolute atomic E-state index is 11.8. The van der Waals surface area contributed by atoms with Crippen LogP contribution in [0.4, 0.5) is 11.4 Å². The first-order chi connectivity index (χ1) is 51.5. The molecular formula is C69H103Ar4Cl5N7O28P5. The maximum atomic E-state index is 11.8. The summed E-state index contributed by atoms with van der Waals surface area (Å²) in [5, 5.41) is 38.5. The van der Waals surface area contributed by atoms with Crippen LogP contribution in [0.1, 0.15) is 117 Å². The fraction of sp³-hybridized carbons (Fsp3) is 0.406. The van der Waals surface area contributed by atoms with Crippen LogP contribution >= 0.6 is 94.9 Å². The molecule has 0 aliphatic rings. The van der Waals surface area contributed by atoms with Gasteiger partial charge in [-0.15, -0.1) is 12.4 Å². The van der Waals surface area contributed by atoms with Gasteiger partial charge in [-0.2, -0.15) is 20.3 Å². The Morgan fingerprint density at radius 1 is 0.398 bits per heavy atom. The van der Waals surface area contributed by atoms with Gasteiger partial charge in [-0.1, -0.05) is 109 Å². The largest absolute Gasteiger partial charge is 0.506 e. The van der Waals surface area contributed by atoms with E-state index in [9.17, 15) is 86.6 Å². The summed E-state index contributed by atoms with van der Waals surface area (Å²) in [4.78, 5) is 114. The first-order valence-electron chi connectivity index (χ1n) is 33.1. The van der Waals surface area contributed by atoms with Gasteiger partial charge in [-0.05, 0) is 193 Å². The third kappa shape index (κ3) is 70.0. The summed E-state index contributed by atoms with van der Waals surface area (Å²) < 4.78 is 101. The number of nitrogens with one attached hydrogen (secondary N) is 4. The number of nitro groups is 2. The van der Waals surface area contributed by atoms with Crippen LogP contribution in [0.5, 0.6) is 28.7 Å². The molecule has 0 bridgehead atoms. The average molecular weight is 1970 g/mol. The molecule has 0 spiro atoms. The van der Waals surface area contributed by atoms with Gasteiger partial charge in [0.15, 0.2) is 0 Å². The number of aryl methyl sites for hydroxylation is 1. The number of esters is 5. The van der Waals surface area contributed by atoms with E-state index < -0.39 is 101 Å². The number of phenolic OH excluding ortho intramolecular Hbond substituents is 1. The number of halogens is 5. The second-order valence-electron chi connectivity index (χ2n) is 24.1. The molecule has 0 radical (unpaired) electrons. The molecule has 49 heteroatoms. The van der Waals surface area contributed by atoms with Crippen LogP contribution in [-0.2, 0) is 70.5 Å². The molecule has 0 saturated carbocycles. The molecule has 0 saturated heterocycles. The zero-order chi connectivity index (χ0) is 86.7. The first kappa shape index (κ1) is 131. The first-order valence-corrected chi connectivity index (χ1v) is 44.2. The molecule has 0 fully saturated rings. The van der Waals surface area contributed by atoms with Gasteiger partial charge in [0.1, 0.15) is 59.0 Å². The zero-order valence-electron chi connectivity index (χ0n) is 66.0. The number of para-hydroxylation sites is 4. The molecular weight excluding hydrogens is 1870 g/mol. The predicted molar refractivity (Wildman–Crippen MR) is 440 cm³/mol. The van der Waals surface area contributed by atoms with Crippen molar-refractivity contribution in [3.8, 4) is 28.7 Å². The minimum atomic E-state index is -4.12. The van der Waals surface area contributed by atoms with Crippen LogP contribution in [-0.4, -0.2) is 132 Å². The Labute approximate surface area is 833 Å². The van der Waals surface area contributed by atoms with Crippen molar-refractivity contribution in [2.24, 2.45) is 5.73 Å². The monoisotopic (exact) mass is 1970 g/mol. The number of nitrogens with two attached hydrogens (primary N) is 1. The molecule has 6 aromatic carbocycles. The zero-order valence-corrected chi connectivity index (χ0v) is 77.1. The molecule has 9 atom stereocenters. The van der Waals surface area contributed by atoms with E-state index in [1.807, 2.05) is 0 Å². The quantitative estimate of drug-likeness (QED) is 0.00717. The van der Waals surface area contributed by atoms with Crippen molar-refractivity contribution >= 4 is 136 Å². The standard InChI is InChI=1S/4C12H18NO5P.C7H6ClNO2.C6H4ClNO3.C6H13NO2.CH3Cl2OP.CH4.4Ar.ClH/c4*1-9(2)17-12(14)10(3)13-19(15,16)18-11-7-5-4-6-8-11;1-5-2-3-6(9(10)11)4-7(5)8;7-5-3-4(8(10)11)1-2-6(5)9;1-4(2)9-6(8)5(3)7;1-5(2,3)4;;;;;;/h4*4-10H,1-3H3,(H2,13,15,16);2-4H,1H3;1-3,9H;4-5H,7H2,1-3H3;1H3;1H4;;;;;1H/t4*10-;;;5-;;;;;;;/m0000..0......./s1. The van der Waals surface area contributed by atoms with Crippen molar-refractivity contribution in [1.29, 1.82) is 0 Å². The maximum Gasteiger partial charge on any atom is 0.456 e. The molecule has 4 unspecified atom stereocenters. The van der Waals surface area contributed by atoms with Gasteiger partial charge in [0.05, 0.1) is 50.4 Å². The second kappa shape index (κ2) is 68.0. The van der Waals surface area contributed by atoms with Gasteiger partial charge in [0.2, 0.25) is 5.85 Å². The summed E-state index contributed by atoms with van der Waals surface area (Å²) in [6, 6.07) is 36.3. The number of carbonyl (C=O) groups excluding carboxylic acids is 5. The summed E-state index contributed by atoms with van der Waals surface area (Å²) in [5.74, 6) is -4.67. The summed E-state index contributed by atoms with van der Waals surface area (Å²) in [5.41, 5.74) is 5.95. The van der Waals surface area contributed by atoms with Crippen molar-refractivity contribution in [3.05, 3.63) is 194 Å². The summed E-state index contributed by atoms with van der Waals surface area (Å²) in [6.45, 7) is 27.6. The van der Waals surface area contributed by atoms with Crippen LogP contribution in [0, 0.1) is 178 Å². The van der Waals surface area contributed by atoms with Gasteiger partial charge in [-0.3, -0.25) is 48.8 Å². The van der Waals surface area contributed by atoms with Crippen molar-refractivity contribution in [1.82, 2.24) is 20.3 Å². The number of hydrogen-bond acceptors (Lipinski definition) is 25. The number of nitro benzene ring substituents is 2. The van der Waals surface area contributed by atoms with Crippen molar-refractivity contribution < 1.29 is 274 Å². The summed E-state index contributed by atoms with van der Waals surface area (Å²) in [6.07, 6.45) is -1.21. The smallest absolute Gasteiger partial charge is 0.456 e. The van der Waals surface area contributed by atoms with Crippen LogP contribution in [0.15, 0.2) is 158 Å². The van der Waals surface area contributed by atoms with E-state index in [2.05, 4.69) is 20.3 Å². The molecule has 35 nitrogen and oxygen atoms in total. The van der Waals surface area contributed by atoms with Crippen LogP contribution in [0.25, 0.3) is 0 Å². The number of non-ortho nitro benzene ring substituents is 2. The summed E-state index contributed by atoms with van der Waals surface area (Å²) in [7, 11) is -16.5. The van der Waals surface area contributed by atoms with E-state index in [4.69, 9.17) is 98.3 Å². The molecule has 6 rings (SSSR count). The topological polar surface area (TPSA) is 515 Å². The Morgan fingerprint density at radius 2 is 0.593 bits per heavy atom. The van der Waals surface area contributed by atoms with Crippen LogP contribution in [0.3, 0.4) is 0 Å². The Bertz CT molecular complexity index is 3720. The Hall–Kier alpha value is -2.25. The van der Waals surface area contributed by atoms with Crippen molar-refractivity contribution in [3.63, 3.8) is 0 Å². The molecule has 6 aromatic rings. The molecule has 118 heavy (non-hydrogen) atoms. The number of phenols is 1. The summed E-state index contributed by atoms with van der Waals surface area (Å²) >= 11 is 20.8. The van der Waals surface area contributed by atoms with Gasteiger partial charge in [-0.25, -0.2) is 18.3 Å². The molecule has 0 heterocycles. The third-order valence-corrected chi connectivity index (χ3v) is 16.8. The van der Waals surface area contributed by atoms with Gasteiger partial charge in [0, 0.05) is 182 Å². The van der Waals surface area contributed by atoms with E-state index in [1.165, 1.54) is 58.6 Å². The minimum Gasteiger partial charge on any atom is -0.506 e. The number of ether oxygens (including phenoxy) is 5. The van der Waals surface area contributed by atoms with Crippen molar-refractivity contribution in [2.75, 3.05) is 6.66 Å². The van der Waals surface area contributed by atoms with Gasteiger partial charge < -0.3 is 72.2 Å². The Morgan fingerprint density at radius 3 is 0.763 bits per heavy atom. The minimum absolute atomic E-state index is 0. The SMILES string of the molecule is C.CC(C)OC(=O)[C@H](C)N.CC(C)OC(=O)[C@H](C)NP(=O)(O)Oc1ccccc1.CC(C)OC(=O)[C@H](C)NP(=O)(O)Oc1ccccc1.CC(C)OC(=O)[C@H](C)NP(=O)(O)Oc1ccccc1.CC(C)OC(=O)[C@H](C)NP(=O)(O)Oc1ccccc1.CP(=O)(Cl)Cl.Cc1ccc([N+](=O)[O-])cc1Cl.Cl.O=[N+]([O-])c1ccc(O)c(Cl)c1.[Ar].[Ar].[Ar].[Ar]. The fourth-order valence-corrected chi connectivity index (χ4v) is 11.3. The van der Waals surface area contributed by atoms with Crippen LogP contribution < -0.4 is 44.2 Å². The van der Waals surface area contributed by atoms with Crippen LogP contribution in [0.2, 0.25) is 10.0 Å². The number of aromatic hydroxyl groups is 1. The van der Waals surface area contributed by atoms with E-state index in [-0.39, 0.29) is 252 Å². The predicted octanol–water partition coefficient (Wildman–Crippen LogP) is 16.5. The number of benzene rings is 6. The molecule has 11 N–H and O–H groups in total. The Kier molecular flexibility index (Phi) is 75.7. The van der Waals surface area contributed by atoms with E-state index in [0.717, 1.165) is 11.6 Å². The van der Waals surface area contributed by atoms with E-state index in [0.29, 0.717) is 5.02 Å². The number of rotatable bonds is 28. The average Bonchev–Trinajstić information content (AvgIpc) is 0.890. The van der Waals surface area contributed by atoms with E-state index in [1.54, 1.807) is 210 Å². The molecule has 0 amide bonds.